The van der Waals surface area contributed by atoms with Crippen molar-refractivity contribution >= 4 is 11.6 Å². The molecule has 112 valence electrons. The van der Waals surface area contributed by atoms with Gasteiger partial charge >= 0.3 is 0 Å². The zero-order chi connectivity index (χ0) is 15.2. The van der Waals surface area contributed by atoms with Gasteiger partial charge in [-0.25, -0.2) is 8.78 Å². The molecule has 0 fully saturated rings. The van der Waals surface area contributed by atoms with Gasteiger partial charge in [0.15, 0.2) is 0 Å². The molecule has 1 atom stereocenters. The highest BCUT2D eigenvalue weighted by atomic mass is 35.5. The van der Waals surface area contributed by atoms with Crippen molar-refractivity contribution < 1.29 is 8.78 Å². The lowest BCUT2D eigenvalue weighted by atomic mass is 10.1. The smallest absolute Gasteiger partial charge is 0.263 e. The van der Waals surface area contributed by atoms with Gasteiger partial charge in [-0.3, -0.25) is 0 Å². The maximum atomic E-state index is 12.5. The summed E-state index contributed by atoms with van der Waals surface area (Å²) >= 11 is 5.96. The molecule has 0 aromatic heterocycles. The van der Waals surface area contributed by atoms with Gasteiger partial charge in [-0.15, -0.1) is 0 Å². The Balaban J connectivity index is 1.84. The lowest BCUT2D eigenvalue weighted by molar-refractivity contribution is 0.151. The van der Waals surface area contributed by atoms with E-state index in [1.54, 1.807) is 12.1 Å². The highest BCUT2D eigenvalue weighted by Gasteiger charge is 2.07. The van der Waals surface area contributed by atoms with Crippen molar-refractivity contribution in [1.82, 2.24) is 5.32 Å². The molecule has 21 heavy (non-hydrogen) atoms. The predicted octanol–water partition coefficient (Wildman–Crippen LogP) is 5.00. The fourth-order valence-electron chi connectivity index (χ4n) is 2.16. The maximum absolute atomic E-state index is 12.5. The standard InChI is InChI=1S/C17H18ClF2N/c1-12(9-14-3-2-4-16(18)10-14)21-11-13-5-7-15(8-6-13)17(19)20/h2-8,10,12,17,21H,9,11H2,1H3. The molecule has 2 aromatic carbocycles. The summed E-state index contributed by atoms with van der Waals surface area (Å²) in [5, 5.41) is 4.12. The van der Waals surface area contributed by atoms with Crippen LogP contribution in [0.1, 0.15) is 30.0 Å². The van der Waals surface area contributed by atoms with Crippen LogP contribution in [0.25, 0.3) is 0 Å². The third-order valence-corrected chi connectivity index (χ3v) is 3.55. The molecule has 0 aliphatic rings. The third-order valence-electron chi connectivity index (χ3n) is 3.32. The fourth-order valence-corrected chi connectivity index (χ4v) is 2.38. The summed E-state index contributed by atoms with van der Waals surface area (Å²) in [6.07, 6.45) is -1.54. The summed E-state index contributed by atoms with van der Waals surface area (Å²) in [7, 11) is 0. The Hall–Kier alpha value is -1.45. The van der Waals surface area contributed by atoms with E-state index < -0.39 is 6.43 Å². The molecule has 1 unspecified atom stereocenters. The quantitative estimate of drug-likeness (QED) is 0.792. The van der Waals surface area contributed by atoms with Crippen molar-refractivity contribution in [3.05, 3.63) is 70.2 Å². The highest BCUT2D eigenvalue weighted by molar-refractivity contribution is 6.30. The minimum atomic E-state index is -2.41. The molecule has 0 amide bonds. The molecule has 0 saturated carbocycles. The maximum Gasteiger partial charge on any atom is 0.263 e. The van der Waals surface area contributed by atoms with Crippen molar-refractivity contribution in [1.29, 1.82) is 0 Å². The van der Waals surface area contributed by atoms with E-state index in [-0.39, 0.29) is 11.6 Å². The van der Waals surface area contributed by atoms with Crippen LogP contribution in [0.2, 0.25) is 5.02 Å². The first-order valence-corrected chi connectivity index (χ1v) is 7.27. The van der Waals surface area contributed by atoms with Crippen LogP contribution in [-0.2, 0) is 13.0 Å². The van der Waals surface area contributed by atoms with Gasteiger partial charge in [0, 0.05) is 23.2 Å². The van der Waals surface area contributed by atoms with Crippen LogP contribution in [0, 0.1) is 0 Å². The summed E-state index contributed by atoms with van der Waals surface area (Å²) < 4.78 is 24.9. The molecular weight excluding hydrogens is 292 g/mol. The first kappa shape index (κ1) is 15.9. The van der Waals surface area contributed by atoms with E-state index >= 15 is 0 Å². The largest absolute Gasteiger partial charge is 0.310 e. The fraction of sp³-hybridized carbons (Fsp3) is 0.294. The monoisotopic (exact) mass is 309 g/mol. The van der Waals surface area contributed by atoms with E-state index in [4.69, 9.17) is 11.6 Å². The molecule has 0 bridgehead atoms. The first-order valence-electron chi connectivity index (χ1n) is 6.89. The Labute approximate surface area is 128 Å². The topological polar surface area (TPSA) is 12.0 Å². The Morgan fingerprint density at radius 2 is 1.76 bits per heavy atom. The Kier molecular flexibility index (Phi) is 5.71. The number of rotatable bonds is 6. The Morgan fingerprint density at radius 3 is 2.38 bits per heavy atom. The lowest BCUT2D eigenvalue weighted by Gasteiger charge is -2.14. The van der Waals surface area contributed by atoms with Crippen LogP contribution in [0.15, 0.2) is 48.5 Å². The molecule has 4 heteroatoms. The molecule has 0 aliphatic heterocycles. The Morgan fingerprint density at radius 1 is 1.05 bits per heavy atom. The van der Waals surface area contributed by atoms with Gasteiger partial charge in [-0.05, 0) is 36.6 Å². The van der Waals surface area contributed by atoms with Crippen molar-refractivity contribution in [3.8, 4) is 0 Å². The molecule has 2 rings (SSSR count). The van der Waals surface area contributed by atoms with Gasteiger partial charge in [0.05, 0.1) is 0 Å². The van der Waals surface area contributed by atoms with E-state index in [9.17, 15) is 8.78 Å². The van der Waals surface area contributed by atoms with E-state index in [1.165, 1.54) is 17.7 Å². The number of alkyl halides is 2. The molecule has 0 radical (unpaired) electrons. The minimum absolute atomic E-state index is 0.0609. The SMILES string of the molecule is CC(Cc1cccc(Cl)c1)NCc1ccc(C(F)F)cc1. The van der Waals surface area contributed by atoms with Gasteiger partial charge in [0.1, 0.15) is 0 Å². The van der Waals surface area contributed by atoms with Gasteiger partial charge in [0.25, 0.3) is 6.43 Å². The van der Waals surface area contributed by atoms with Crippen LogP contribution >= 0.6 is 11.6 Å². The van der Waals surface area contributed by atoms with Crippen molar-refractivity contribution in [2.75, 3.05) is 0 Å². The molecule has 0 spiro atoms. The number of benzene rings is 2. The van der Waals surface area contributed by atoms with Crippen LogP contribution in [0.3, 0.4) is 0 Å². The molecule has 1 N–H and O–H groups in total. The minimum Gasteiger partial charge on any atom is -0.310 e. The number of halogens is 3. The molecule has 0 aliphatic carbocycles. The molecule has 0 saturated heterocycles. The highest BCUT2D eigenvalue weighted by Crippen LogP contribution is 2.18. The second-order valence-corrected chi connectivity index (χ2v) is 5.59. The van der Waals surface area contributed by atoms with E-state index in [1.807, 2.05) is 24.3 Å². The summed E-state index contributed by atoms with van der Waals surface area (Å²) in [6, 6.07) is 14.5. The molecule has 1 nitrogen and oxygen atoms in total. The summed E-state index contributed by atoms with van der Waals surface area (Å²) in [6.45, 7) is 2.75. The normalized spacial score (nSPS) is 12.6. The summed E-state index contributed by atoms with van der Waals surface area (Å²) in [5.41, 5.74) is 2.23. The molecule has 2 aromatic rings. The zero-order valence-electron chi connectivity index (χ0n) is 11.8. The zero-order valence-corrected chi connectivity index (χ0v) is 12.6. The second kappa shape index (κ2) is 7.53. The van der Waals surface area contributed by atoms with E-state index in [2.05, 4.69) is 12.2 Å². The predicted molar refractivity (Wildman–Crippen MR) is 82.9 cm³/mol. The van der Waals surface area contributed by atoms with Crippen molar-refractivity contribution in [3.63, 3.8) is 0 Å². The van der Waals surface area contributed by atoms with Crippen LogP contribution in [0.5, 0.6) is 0 Å². The average molecular weight is 310 g/mol. The lowest BCUT2D eigenvalue weighted by Crippen LogP contribution is -2.27. The first-order chi connectivity index (χ1) is 10.0. The van der Waals surface area contributed by atoms with E-state index in [0.29, 0.717) is 6.54 Å². The van der Waals surface area contributed by atoms with Crippen LogP contribution < -0.4 is 5.32 Å². The van der Waals surface area contributed by atoms with E-state index in [0.717, 1.165) is 17.0 Å². The van der Waals surface area contributed by atoms with Gasteiger partial charge < -0.3 is 5.32 Å². The molecular formula is C17H18ClF2N. The molecule has 0 heterocycles. The number of hydrogen-bond acceptors (Lipinski definition) is 1. The van der Waals surface area contributed by atoms with Gasteiger partial charge in [-0.2, -0.15) is 0 Å². The van der Waals surface area contributed by atoms with Crippen molar-refractivity contribution in [2.45, 2.75) is 32.4 Å². The van der Waals surface area contributed by atoms with Gasteiger partial charge in [0.2, 0.25) is 0 Å². The van der Waals surface area contributed by atoms with Gasteiger partial charge in [-0.1, -0.05) is 48.0 Å². The summed E-state index contributed by atoms with van der Waals surface area (Å²) in [5.74, 6) is 0. The van der Waals surface area contributed by atoms with Crippen LogP contribution in [0.4, 0.5) is 8.78 Å². The Bertz CT molecular complexity index is 569. The average Bonchev–Trinajstić information content (AvgIpc) is 2.45. The number of nitrogens with one attached hydrogen (secondary N) is 1. The summed E-state index contributed by atoms with van der Waals surface area (Å²) in [4.78, 5) is 0. The third kappa shape index (κ3) is 5.10. The number of hydrogen-bond donors (Lipinski definition) is 1. The van der Waals surface area contributed by atoms with Crippen molar-refractivity contribution in [2.24, 2.45) is 0 Å². The second-order valence-electron chi connectivity index (χ2n) is 5.16. The van der Waals surface area contributed by atoms with Crippen LogP contribution in [-0.4, -0.2) is 6.04 Å².